The molecule has 1 aliphatic rings. The van der Waals surface area contributed by atoms with Crippen molar-refractivity contribution >= 4 is 22.2 Å². The van der Waals surface area contributed by atoms with Crippen molar-refractivity contribution in [1.82, 2.24) is 24.7 Å². The van der Waals surface area contributed by atoms with Crippen LogP contribution in [0.25, 0.3) is 4.96 Å². The van der Waals surface area contributed by atoms with E-state index in [2.05, 4.69) is 15.3 Å². The highest BCUT2D eigenvalue weighted by molar-refractivity contribution is 7.16. The van der Waals surface area contributed by atoms with Gasteiger partial charge in [-0.05, 0) is 20.8 Å². The third-order valence-electron chi connectivity index (χ3n) is 3.69. The van der Waals surface area contributed by atoms with Crippen LogP contribution in [0.5, 0.6) is 0 Å². The van der Waals surface area contributed by atoms with Crippen LogP contribution in [0, 0.1) is 6.92 Å². The lowest BCUT2D eigenvalue weighted by Crippen LogP contribution is -2.55. The van der Waals surface area contributed by atoms with Crippen molar-refractivity contribution in [3.05, 3.63) is 10.8 Å². The molecule has 0 atom stereocenters. The second kappa shape index (κ2) is 5.34. The highest BCUT2D eigenvalue weighted by Gasteiger charge is 2.33. The Morgan fingerprint density at radius 3 is 2.95 bits per heavy atom. The SMILES string of the molecule is Cc1nnc2sc(CCC(=O)N3CCOCC3(C)C)nn12. The summed E-state index contributed by atoms with van der Waals surface area (Å²) in [7, 11) is 0. The summed E-state index contributed by atoms with van der Waals surface area (Å²) in [6, 6.07) is 0. The third kappa shape index (κ3) is 2.77. The van der Waals surface area contributed by atoms with Crippen molar-refractivity contribution in [3.8, 4) is 0 Å². The van der Waals surface area contributed by atoms with Crippen molar-refractivity contribution in [2.75, 3.05) is 19.8 Å². The number of rotatable bonds is 3. The van der Waals surface area contributed by atoms with E-state index >= 15 is 0 Å². The van der Waals surface area contributed by atoms with Crippen molar-refractivity contribution in [3.63, 3.8) is 0 Å². The zero-order valence-corrected chi connectivity index (χ0v) is 13.3. The van der Waals surface area contributed by atoms with Gasteiger partial charge in [-0.2, -0.15) is 9.61 Å². The van der Waals surface area contributed by atoms with Crippen LogP contribution in [-0.4, -0.2) is 55.9 Å². The fourth-order valence-corrected chi connectivity index (χ4v) is 3.40. The van der Waals surface area contributed by atoms with Gasteiger partial charge >= 0.3 is 0 Å². The Bertz CT molecular complexity index is 663. The van der Waals surface area contributed by atoms with Gasteiger partial charge in [0, 0.05) is 19.4 Å². The van der Waals surface area contributed by atoms with E-state index in [-0.39, 0.29) is 11.4 Å². The molecular formula is C13H19N5O2S. The summed E-state index contributed by atoms with van der Waals surface area (Å²) in [5, 5.41) is 13.4. The first kappa shape index (κ1) is 14.4. The minimum atomic E-state index is -0.229. The maximum absolute atomic E-state index is 12.4. The summed E-state index contributed by atoms with van der Waals surface area (Å²) < 4.78 is 7.17. The molecule has 3 rings (SSSR count). The molecule has 1 saturated heterocycles. The second-order valence-electron chi connectivity index (χ2n) is 5.85. The van der Waals surface area contributed by atoms with Crippen molar-refractivity contribution in [1.29, 1.82) is 0 Å². The Hall–Kier alpha value is -1.54. The van der Waals surface area contributed by atoms with E-state index in [4.69, 9.17) is 4.74 Å². The van der Waals surface area contributed by atoms with Gasteiger partial charge < -0.3 is 9.64 Å². The predicted octanol–water partition coefficient (Wildman–Crippen LogP) is 1.06. The van der Waals surface area contributed by atoms with E-state index in [0.29, 0.717) is 32.6 Å². The quantitative estimate of drug-likeness (QED) is 0.848. The summed E-state index contributed by atoms with van der Waals surface area (Å²) in [5.74, 6) is 0.930. The summed E-state index contributed by atoms with van der Waals surface area (Å²) in [4.78, 5) is 15.1. The van der Waals surface area contributed by atoms with E-state index in [1.54, 1.807) is 4.52 Å². The Morgan fingerprint density at radius 2 is 2.24 bits per heavy atom. The van der Waals surface area contributed by atoms with Crippen molar-refractivity contribution in [2.24, 2.45) is 0 Å². The van der Waals surface area contributed by atoms with Crippen LogP contribution < -0.4 is 0 Å². The molecule has 1 amide bonds. The van der Waals surface area contributed by atoms with E-state index in [1.165, 1.54) is 11.3 Å². The molecule has 0 saturated carbocycles. The minimum absolute atomic E-state index is 0.158. The Morgan fingerprint density at radius 1 is 1.43 bits per heavy atom. The molecule has 114 valence electrons. The maximum atomic E-state index is 12.4. The number of amides is 1. The Balaban J connectivity index is 1.65. The molecule has 7 nitrogen and oxygen atoms in total. The molecule has 1 fully saturated rings. The molecule has 0 radical (unpaired) electrons. The van der Waals surface area contributed by atoms with Crippen LogP contribution in [0.2, 0.25) is 0 Å². The number of fused-ring (bicyclic) bond motifs is 1. The number of ether oxygens (including phenoxy) is 1. The number of nitrogens with zero attached hydrogens (tertiary/aromatic N) is 5. The first-order valence-corrected chi connectivity index (χ1v) is 7.85. The first-order chi connectivity index (χ1) is 9.97. The molecule has 8 heteroatoms. The van der Waals surface area contributed by atoms with Gasteiger partial charge in [0.25, 0.3) is 0 Å². The summed E-state index contributed by atoms with van der Waals surface area (Å²) in [5.41, 5.74) is -0.229. The van der Waals surface area contributed by atoms with Gasteiger partial charge in [-0.1, -0.05) is 11.3 Å². The fourth-order valence-electron chi connectivity index (χ4n) is 2.52. The number of hydrogen-bond donors (Lipinski definition) is 0. The van der Waals surface area contributed by atoms with Crippen LogP contribution in [0.15, 0.2) is 0 Å². The van der Waals surface area contributed by atoms with E-state index in [1.807, 2.05) is 25.7 Å². The number of morpholine rings is 1. The standard InChI is InChI=1S/C13H19N5O2S/c1-9-14-15-12-18(9)16-10(21-12)4-5-11(19)17-6-7-20-8-13(17,2)3/h4-8H2,1-3H3. The smallest absolute Gasteiger partial charge is 0.234 e. The van der Waals surface area contributed by atoms with E-state index in [0.717, 1.165) is 15.8 Å². The van der Waals surface area contributed by atoms with Crippen molar-refractivity contribution in [2.45, 2.75) is 39.2 Å². The Kier molecular flexibility index (Phi) is 3.66. The van der Waals surface area contributed by atoms with Gasteiger partial charge in [-0.15, -0.1) is 10.2 Å². The monoisotopic (exact) mass is 309 g/mol. The van der Waals surface area contributed by atoms with Gasteiger partial charge in [0.15, 0.2) is 5.82 Å². The highest BCUT2D eigenvalue weighted by Crippen LogP contribution is 2.21. The average molecular weight is 309 g/mol. The lowest BCUT2D eigenvalue weighted by atomic mass is 10.0. The molecule has 0 aliphatic carbocycles. The van der Waals surface area contributed by atoms with E-state index < -0.39 is 0 Å². The van der Waals surface area contributed by atoms with E-state index in [9.17, 15) is 4.79 Å². The second-order valence-corrected chi connectivity index (χ2v) is 6.89. The molecule has 0 aromatic carbocycles. The van der Waals surface area contributed by atoms with Crippen LogP contribution in [0.4, 0.5) is 0 Å². The number of carbonyl (C=O) groups is 1. The van der Waals surface area contributed by atoms with Crippen LogP contribution >= 0.6 is 11.3 Å². The molecule has 0 spiro atoms. The number of carbonyl (C=O) groups excluding carboxylic acids is 1. The van der Waals surface area contributed by atoms with Crippen LogP contribution in [0.3, 0.4) is 0 Å². The summed E-state index contributed by atoms with van der Waals surface area (Å²) >= 11 is 1.49. The maximum Gasteiger partial charge on any atom is 0.234 e. The normalized spacial score (nSPS) is 18.3. The first-order valence-electron chi connectivity index (χ1n) is 7.03. The Labute approximate surface area is 126 Å². The molecule has 2 aromatic heterocycles. The molecule has 0 bridgehead atoms. The number of aryl methyl sites for hydroxylation is 2. The lowest BCUT2D eigenvalue weighted by Gasteiger charge is -2.42. The molecule has 1 aliphatic heterocycles. The fraction of sp³-hybridized carbons (Fsp3) is 0.692. The predicted molar refractivity (Wildman–Crippen MR) is 78.3 cm³/mol. The van der Waals surface area contributed by atoms with Crippen LogP contribution in [-0.2, 0) is 16.0 Å². The zero-order chi connectivity index (χ0) is 15.0. The third-order valence-corrected chi connectivity index (χ3v) is 4.65. The van der Waals surface area contributed by atoms with Crippen LogP contribution in [0.1, 0.15) is 31.1 Å². The van der Waals surface area contributed by atoms with Gasteiger partial charge in [-0.25, -0.2) is 0 Å². The van der Waals surface area contributed by atoms with Crippen molar-refractivity contribution < 1.29 is 9.53 Å². The van der Waals surface area contributed by atoms with Gasteiger partial charge in [0.05, 0.1) is 18.8 Å². The molecule has 0 unspecified atom stereocenters. The van der Waals surface area contributed by atoms with Gasteiger partial charge in [0.2, 0.25) is 10.9 Å². The molecule has 0 N–H and O–H groups in total. The molecule has 3 heterocycles. The largest absolute Gasteiger partial charge is 0.377 e. The number of hydrogen-bond acceptors (Lipinski definition) is 6. The lowest BCUT2D eigenvalue weighted by molar-refractivity contribution is -0.146. The summed E-state index contributed by atoms with van der Waals surface area (Å²) in [6.07, 6.45) is 1.10. The zero-order valence-electron chi connectivity index (χ0n) is 12.5. The average Bonchev–Trinajstić information content (AvgIpc) is 2.98. The van der Waals surface area contributed by atoms with Gasteiger partial charge in [0.1, 0.15) is 5.01 Å². The topological polar surface area (TPSA) is 72.6 Å². The minimum Gasteiger partial charge on any atom is -0.377 e. The highest BCUT2D eigenvalue weighted by atomic mass is 32.1. The summed E-state index contributed by atoms with van der Waals surface area (Å²) in [6.45, 7) is 7.81. The molecule has 21 heavy (non-hydrogen) atoms. The molecule has 2 aromatic rings. The number of aromatic nitrogens is 4. The molecular weight excluding hydrogens is 290 g/mol. The van der Waals surface area contributed by atoms with Gasteiger partial charge in [-0.3, -0.25) is 4.79 Å².